The van der Waals surface area contributed by atoms with E-state index in [1.54, 1.807) is 0 Å². The Morgan fingerprint density at radius 3 is 2.55 bits per heavy atom. The van der Waals surface area contributed by atoms with E-state index in [1.165, 1.54) is 0 Å². The Morgan fingerprint density at radius 1 is 1.36 bits per heavy atom. The van der Waals surface area contributed by atoms with E-state index in [4.69, 9.17) is 13.9 Å². The van der Waals surface area contributed by atoms with Crippen LogP contribution in [0, 0.1) is 0 Å². The molecule has 1 aromatic heterocycles. The lowest BCUT2D eigenvalue weighted by Gasteiger charge is -2.31. The summed E-state index contributed by atoms with van der Waals surface area (Å²) in [7, 11) is 0. The van der Waals surface area contributed by atoms with Crippen molar-refractivity contribution >= 4 is 15.9 Å². The van der Waals surface area contributed by atoms with E-state index in [1.807, 2.05) is 19.1 Å². The highest BCUT2D eigenvalue weighted by Gasteiger charge is 2.30. The minimum atomic E-state index is -0.309. The van der Waals surface area contributed by atoms with E-state index in [9.17, 15) is 0 Å². The van der Waals surface area contributed by atoms with Crippen LogP contribution in [0.1, 0.15) is 19.0 Å². The van der Waals surface area contributed by atoms with Gasteiger partial charge in [0.05, 0.1) is 0 Å². The highest BCUT2D eigenvalue weighted by atomic mass is 79.9. The van der Waals surface area contributed by atoms with Gasteiger partial charge in [0, 0.05) is 0 Å². The smallest absolute Gasteiger partial charge is 0.222 e. The monoisotopic (exact) mass is 218 g/mol. The summed E-state index contributed by atoms with van der Waals surface area (Å²) in [6, 6.07) is 3.63. The number of ether oxygens (including phenoxy) is 2. The number of rotatable bonds is 1. The standard InChI is InChI=1S/C7H7BrO3/c1-4-9-7(10-4)5-2-3-6(8)11-5/h2-4,7H,1H3. The molecule has 2 heterocycles. The molecule has 0 N–H and O–H groups in total. The van der Waals surface area contributed by atoms with Crippen molar-refractivity contribution in [1.29, 1.82) is 0 Å². The zero-order valence-corrected chi connectivity index (χ0v) is 7.50. The summed E-state index contributed by atoms with van der Waals surface area (Å²) >= 11 is 3.19. The van der Waals surface area contributed by atoms with Gasteiger partial charge in [0.1, 0.15) is 0 Å². The van der Waals surface area contributed by atoms with Crippen LogP contribution in [0.15, 0.2) is 21.2 Å². The molecular formula is C7H7BrO3. The maximum absolute atomic E-state index is 5.20. The summed E-state index contributed by atoms with van der Waals surface area (Å²) < 4.78 is 16.3. The predicted octanol–water partition coefficient (Wildman–Crippen LogP) is 2.43. The maximum atomic E-state index is 5.20. The van der Waals surface area contributed by atoms with Gasteiger partial charge in [-0.1, -0.05) is 0 Å². The Kier molecular flexibility index (Phi) is 1.75. The van der Waals surface area contributed by atoms with Crippen molar-refractivity contribution in [2.75, 3.05) is 0 Å². The van der Waals surface area contributed by atoms with Gasteiger partial charge < -0.3 is 13.9 Å². The van der Waals surface area contributed by atoms with Gasteiger partial charge in [-0.05, 0) is 35.0 Å². The third kappa shape index (κ3) is 1.34. The summed E-state index contributed by atoms with van der Waals surface area (Å²) in [5.74, 6) is 0.704. The van der Waals surface area contributed by atoms with Crippen molar-refractivity contribution in [3.05, 3.63) is 22.6 Å². The third-order valence-electron chi connectivity index (χ3n) is 1.46. The van der Waals surface area contributed by atoms with Crippen molar-refractivity contribution in [1.82, 2.24) is 0 Å². The van der Waals surface area contributed by atoms with Gasteiger partial charge in [-0.25, -0.2) is 0 Å². The lowest BCUT2D eigenvalue weighted by Crippen LogP contribution is -2.31. The fraction of sp³-hybridized carbons (Fsp3) is 0.429. The number of hydrogen-bond donors (Lipinski definition) is 0. The molecule has 0 aliphatic carbocycles. The molecule has 1 saturated heterocycles. The zero-order valence-electron chi connectivity index (χ0n) is 5.91. The molecule has 3 nitrogen and oxygen atoms in total. The van der Waals surface area contributed by atoms with Crippen LogP contribution in [0.3, 0.4) is 0 Å². The fourth-order valence-electron chi connectivity index (χ4n) is 0.947. The van der Waals surface area contributed by atoms with E-state index < -0.39 is 0 Å². The quantitative estimate of drug-likeness (QED) is 0.726. The van der Waals surface area contributed by atoms with E-state index in [0.717, 1.165) is 0 Å². The number of hydrogen-bond acceptors (Lipinski definition) is 3. The lowest BCUT2D eigenvalue weighted by molar-refractivity contribution is -0.387. The summed E-state index contributed by atoms with van der Waals surface area (Å²) in [5.41, 5.74) is 0. The van der Waals surface area contributed by atoms with E-state index in [-0.39, 0.29) is 12.6 Å². The van der Waals surface area contributed by atoms with Crippen molar-refractivity contribution in [3.8, 4) is 0 Å². The molecule has 4 heteroatoms. The van der Waals surface area contributed by atoms with Crippen molar-refractivity contribution < 1.29 is 13.9 Å². The summed E-state index contributed by atoms with van der Waals surface area (Å²) in [5, 5.41) is 0. The van der Waals surface area contributed by atoms with E-state index in [0.29, 0.717) is 10.4 Å². The average Bonchev–Trinajstić information content (AvgIpc) is 2.29. The molecule has 1 aliphatic rings. The molecule has 11 heavy (non-hydrogen) atoms. The molecule has 0 bridgehead atoms. The molecule has 0 saturated carbocycles. The Labute approximate surface area is 72.4 Å². The van der Waals surface area contributed by atoms with Crippen LogP contribution < -0.4 is 0 Å². The van der Waals surface area contributed by atoms with Gasteiger partial charge in [0.2, 0.25) is 6.29 Å². The van der Waals surface area contributed by atoms with Crippen molar-refractivity contribution in [3.63, 3.8) is 0 Å². The van der Waals surface area contributed by atoms with Crippen LogP contribution >= 0.6 is 15.9 Å². The van der Waals surface area contributed by atoms with E-state index in [2.05, 4.69) is 15.9 Å². The second-order valence-electron chi connectivity index (χ2n) is 2.31. The van der Waals surface area contributed by atoms with Gasteiger partial charge >= 0.3 is 0 Å². The minimum Gasteiger partial charge on any atom is -0.449 e. The van der Waals surface area contributed by atoms with Gasteiger partial charge in [-0.3, -0.25) is 0 Å². The van der Waals surface area contributed by atoms with E-state index >= 15 is 0 Å². The fourth-order valence-corrected chi connectivity index (χ4v) is 1.27. The predicted molar refractivity (Wildman–Crippen MR) is 40.8 cm³/mol. The molecule has 1 aliphatic heterocycles. The number of halogens is 1. The minimum absolute atomic E-state index is 0.108. The van der Waals surface area contributed by atoms with Crippen LogP contribution in [-0.4, -0.2) is 6.29 Å². The third-order valence-corrected chi connectivity index (χ3v) is 1.88. The van der Waals surface area contributed by atoms with Crippen LogP contribution in [0.5, 0.6) is 0 Å². The van der Waals surface area contributed by atoms with Crippen molar-refractivity contribution in [2.24, 2.45) is 0 Å². The molecule has 60 valence electrons. The molecule has 1 aromatic rings. The lowest BCUT2D eigenvalue weighted by atomic mass is 10.4. The summed E-state index contributed by atoms with van der Waals surface area (Å²) in [6.07, 6.45) is -0.417. The molecule has 2 rings (SSSR count). The second-order valence-corrected chi connectivity index (χ2v) is 3.10. The van der Waals surface area contributed by atoms with Gasteiger partial charge in [0.15, 0.2) is 16.7 Å². The van der Waals surface area contributed by atoms with Crippen LogP contribution in [0.2, 0.25) is 0 Å². The molecule has 0 amide bonds. The average molecular weight is 219 g/mol. The second kappa shape index (κ2) is 2.62. The summed E-state index contributed by atoms with van der Waals surface area (Å²) in [6.45, 7) is 1.84. The SMILES string of the molecule is CC1OC(c2ccc(Br)o2)O1. The van der Waals surface area contributed by atoms with Gasteiger partial charge in [-0.2, -0.15) is 0 Å². The molecular weight excluding hydrogens is 212 g/mol. The number of furan rings is 1. The summed E-state index contributed by atoms with van der Waals surface area (Å²) in [4.78, 5) is 0. The first-order chi connectivity index (χ1) is 5.25. The maximum Gasteiger partial charge on any atom is 0.222 e. The highest BCUT2D eigenvalue weighted by Crippen LogP contribution is 2.33. The van der Waals surface area contributed by atoms with Crippen LogP contribution in [-0.2, 0) is 9.47 Å². The molecule has 1 fully saturated rings. The molecule has 0 radical (unpaired) electrons. The molecule has 0 spiro atoms. The topological polar surface area (TPSA) is 31.6 Å². The molecule has 0 atom stereocenters. The van der Waals surface area contributed by atoms with Gasteiger partial charge in [0.25, 0.3) is 0 Å². The normalized spacial score (nSPS) is 30.0. The molecule has 0 unspecified atom stereocenters. The first-order valence-electron chi connectivity index (χ1n) is 3.32. The first-order valence-corrected chi connectivity index (χ1v) is 4.11. The largest absolute Gasteiger partial charge is 0.449 e. The Balaban J connectivity index is 2.07. The Morgan fingerprint density at radius 2 is 2.09 bits per heavy atom. The Hall–Kier alpha value is -0.320. The van der Waals surface area contributed by atoms with Crippen LogP contribution in [0.4, 0.5) is 0 Å². The van der Waals surface area contributed by atoms with Crippen molar-refractivity contribution in [2.45, 2.75) is 19.5 Å². The first kappa shape index (κ1) is 7.34. The highest BCUT2D eigenvalue weighted by molar-refractivity contribution is 9.10. The van der Waals surface area contributed by atoms with Crippen LogP contribution in [0.25, 0.3) is 0 Å². The Bertz CT molecular complexity index is 252. The molecule has 0 aromatic carbocycles. The zero-order chi connectivity index (χ0) is 7.84. The van der Waals surface area contributed by atoms with Gasteiger partial charge in [-0.15, -0.1) is 0 Å².